The minimum Gasteiger partial charge on any atom is -0.480 e. The number of fused-ring (bicyclic) bond motifs is 1. The summed E-state index contributed by atoms with van der Waals surface area (Å²) in [4.78, 5) is 16.8. The third kappa shape index (κ3) is 2.24. The van der Waals surface area contributed by atoms with Gasteiger partial charge in [-0.15, -0.1) is 0 Å². The molecule has 2 aromatic rings. The van der Waals surface area contributed by atoms with E-state index >= 15 is 0 Å². The van der Waals surface area contributed by atoms with E-state index in [1.165, 1.54) is 16.9 Å². The number of carboxylic acid groups (broad SMARTS) is 1. The van der Waals surface area contributed by atoms with E-state index in [0.717, 1.165) is 20.9 Å². The molecule has 0 bridgehead atoms. The van der Waals surface area contributed by atoms with Crippen molar-refractivity contribution in [1.29, 1.82) is 0 Å². The number of hydrogen-bond acceptors (Lipinski definition) is 4. The first-order valence-corrected chi connectivity index (χ1v) is 6.10. The number of anilines is 1. The SMILES string of the molecule is Cc1ccc(C)c2sc(N(C)CC(=O)O)nc12. The lowest BCUT2D eigenvalue weighted by Crippen LogP contribution is -2.24. The van der Waals surface area contributed by atoms with E-state index in [1.54, 1.807) is 11.9 Å². The summed E-state index contributed by atoms with van der Waals surface area (Å²) in [7, 11) is 1.75. The molecule has 4 nitrogen and oxygen atoms in total. The zero-order valence-corrected chi connectivity index (χ0v) is 10.8. The average molecular weight is 250 g/mol. The Kier molecular flexibility index (Phi) is 3.02. The summed E-state index contributed by atoms with van der Waals surface area (Å²) in [6.45, 7) is 4.03. The number of likely N-dealkylation sites (N-methyl/N-ethyl adjacent to an activating group) is 1. The number of benzene rings is 1. The van der Waals surface area contributed by atoms with Crippen molar-refractivity contribution < 1.29 is 9.90 Å². The van der Waals surface area contributed by atoms with E-state index in [1.807, 2.05) is 19.9 Å². The number of hydrogen-bond donors (Lipinski definition) is 1. The first-order valence-electron chi connectivity index (χ1n) is 5.28. The Balaban J connectivity index is 2.47. The van der Waals surface area contributed by atoms with Crippen LogP contribution in [0.3, 0.4) is 0 Å². The zero-order valence-electron chi connectivity index (χ0n) is 10.0. The number of aryl methyl sites for hydroxylation is 2. The largest absolute Gasteiger partial charge is 0.480 e. The lowest BCUT2D eigenvalue weighted by atomic mass is 10.1. The normalized spacial score (nSPS) is 10.8. The van der Waals surface area contributed by atoms with Crippen molar-refractivity contribution in [2.75, 3.05) is 18.5 Å². The molecule has 1 aromatic carbocycles. The van der Waals surface area contributed by atoms with Gasteiger partial charge in [0.25, 0.3) is 0 Å². The van der Waals surface area contributed by atoms with Crippen LogP contribution >= 0.6 is 11.3 Å². The minimum absolute atomic E-state index is 0.0298. The van der Waals surface area contributed by atoms with E-state index in [0.29, 0.717) is 0 Å². The highest BCUT2D eigenvalue weighted by atomic mass is 32.1. The lowest BCUT2D eigenvalue weighted by molar-refractivity contribution is -0.135. The molecule has 2 rings (SSSR count). The molecule has 0 amide bonds. The summed E-state index contributed by atoms with van der Waals surface area (Å²) < 4.78 is 1.14. The highest BCUT2D eigenvalue weighted by molar-refractivity contribution is 7.22. The van der Waals surface area contributed by atoms with Crippen molar-refractivity contribution in [3.8, 4) is 0 Å². The van der Waals surface area contributed by atoms with Gasteiger partial charge in [0.1, 0.15) is 6.54 Å². The van der Waals surface area contributed by atoms with Crippen molar-refractivity contribution in [2.45, 2.75) is 13.8 Å². The number of aromatic nitrogens is 1. The summed E-state index contributed by atoms with van der Waals surface area (Å²) in [5.74, 6) is -0.847. The number of carboxylic acids is 1. The van der Waals surface area contributed by atoms with E-state index in [-0.39, 0.29) is 6.54 Å². The second-order valence-electron chi connectivity index (χ2n) is 4.12. The van der Waals surface area contributed by atoms with Crippen LogP contribution in [0.25, 0.3) is 10.2 Å². The van der Waals surface area contributed by atoms with Crippen molar-refractivity contribution in [2.24, 2.45) is 0 Å². The summed E-state index contributed by atoms with van der Waals surface area (Å²) in [6.07, 6.45) is 0. The lowest BCUT2D eigenvalue weighted by Gasteiger charge is -2.11. The maximum absolute atomic E-state index is 10.7. The Morgan fingerprint density at radius 2 is 2.06 bits per heavy atom. The molecule has 5 heteroatoms. The van der Waals surface area contributed by atoms with Crippen LogP contribution in [0.1, 0.15) is 11.1 Å². The molecular weight excluding hydrogens is 236 g/mol. The van der Waals surface area contributed by atoms with Crippen LogP contribution in [0.2, 0.25) is 0 Å². The van der Waals surface area contributed by atoms with Gasteiger partial charge in [0.15, 0.2) is 5.13 Å². The molecule has 0 spiro atoms. The van der Waals surface area contributed by atoms with Crippen LogP contribution in [-0.4, -0.2) is 29.7 Å². The molecule has 0 aliphatic carbocycles. The molecule has 0 atom stereocenters. The van der Waals surface area contributed by atoms with E-state index in [9.17, 15) is 4.79 Å². The van der Waals surface area contributed by atoms with Crippen molar-refractivity contribution in [1.82, 2.24) is 4.98 Å². The third-order valence-corrected chi connectivity index (χ3v) is 3.93. The first kappa shape index (κ1) is 11.9. The van der Waals surface area contributed by atoms with Gasteiger partial charge in [-0.25, -0.2) is 4.98 Å². The molecule has 0 saturated carbocycles. The van der Waals surface area contributed by atoms with E-state index in [4.69, 9.17) is 5.11 Å². The van der Waals surface area contributed by atoms with Crippen LogP contribution < -0.4 is 4.90 Å². The Morgan fingerprint density at radius 3 is 2.65 bits per heavy atom. The van der Waals surface area contributed by atoms with E-state index in [2.05, 4.69) is 11.1 Å². The van der Waals surface area contributed by atoms with Gasteiger partial charge < -0.3 is 10.0 Å². The molecule has 0 unspecified atom stereocenters. The van der Waals surface area contributed by atoms with Crippen LogP contribution in [0, 0.1) is 13.8 Å². The molecule has 0 aliphatic rings. The van der Waals surface area contributed by atoms with Gasteiger partial charge in [0.05, 0.1) is 10.2 Å². The molecule has 1 aromatic heterocycles. The molecular formula is C12H14N2O2S. The van der Waals surface area contributed by atoms with Crippen LogP contribution in [0.15, 0.2) is 12.1 Å². The van der Waals surface area contributed by atoms with Crippen LogP contribution in [0.4, 0.5) is 5.13 Å². The highest BCUT2D eigenvalue weighted by Crippen LogP contribution is 2.32. The summed E-state index contributed by atoms with van der Waals surface area (Å²) in [5.41, 5.74) is 3.28. The zero-order chi connectivity index (χ0) is 12.6. The van der Waals surface area contributed by atoms with Crippen molar-refractivity contribution >= 4 is 32.7 Å². The average Bonchev–Trinajstić information content (AvgIpc) is 2.68. The molecule has 90 valence electrons. The van der Waals surface area contributed by atoms with Gasteiger partial charge in [-0.3, -0.25) is 4.79 Å². The second-order valence-corrected chi connectivity index (χ2v) is 5.10. The fraction of sp³-hybridized carbons (Fsp3) is 0.333. The summed E-state index contributed by atoms with van der Waals surface area (Å²) in [5, 5.41) is 9.51. The standard InChI is InChI=1S/C12H14N2O2S/c1-7-4-5-8(2)11-10(7)13-12(17-11)14(3)6-9(15)16/h4-5H,6H2,1-3H3,(H,15,16). The molecule has 0 aliphatic heterocycles. The first-order chi connectivity index (χ1) is 7.99. The maximum Gasteiger partial charge on any atom is 0.323 e. The van der Waals surface area contributed by atoms with Gasteiger partial charge in [0, 0.05) is 7.05 Å². The Hall–Kier alpha value is -1.62. The fourth-order valence-corrected chi connectivity index (χ4v) is 2.75. The monoisotopic (exact) mass is 250 g/mol. The molecule has 0 fully saturated rings. The number of carbonyl (C=O) groups is 1. The number of nitrogens with zero attached hydrogens (tertiary/aromatic N) is 2. The second kappa shape index (κ2) is 4.33. The quantitative estimate of drug-likeness (QED) is 0.909. The van der Waals surface area contributed by atoms with E-state index < -0.39 is 5.97 Å². The molecule has 1 heterocycles. The van der Waals surface area contributed by atoms with Gasteiger partial charge in [0.2, 0.25) is 0 Å². The number of thiazole rings is 1. The molecule has 0 radical (unpaired) electrons. The number of aliphatic carboxylic acids is 1. The van der Waals surface area contributed by atoms with Gasteiger partial charge in [-0.1, -0.05) is 23.5 Å². The highest BCUT2D eigenvalue weighted by Gasteiger charge is 2.13. The minimum atomic E-state index is -0.847. The van der Waals surface area contributed by atoms with Gasteiger partial charge in [-0.2, -0.15) is 0 Å². The van der Waals surface area contributed by atoms with Gasteiger partial charge >= 0.3 is 5.97 Å². The van der Waals surface area contributed by atoms with Crippen LogP contribution in [-0.2, 0) is 4.79 Å². The fourth-order valence-electron chi connectivity index (χ4n) is 1.68. The smallest absolute Gasteiger partial charge is 0.323 e. The Bertz CT molecular complexity index is 538. The van der Waals surface area contributed by atoms with Crippen LogP contribution in [0.5, 0.6) is 0 Å². The molecule has 1 N–H and O–H groups in total. The molecule has 17 heavy (non-hydrogen) atoms. The molecule has 0 saturated heterocycles. The summed E-state index contributed by atoms with van der Waals surface area (Å²) >= 11 is 1.54. The van der Waals surface area contributed by atoms with Crippen molar-refractivity contribution in [3.63, 3.8) is 0 Å². The number of rotatable bonds is 3. The topological polar surface area (TPSA) is 53.4 Å². The van der Waals surface area contributed by atoms with Crippen molar-refractivity contribution in [3.05, 3.63) is 23.3 Å². The predicted octanol–water partition coefficient (Wildman–Crippen LogP) is 2.43. The predicted molar refractivity (Wildman–Crippen MR) is 70.0 cm³/mol. The maximum atomic E-state index is 10.7. The third-order valence-electron chi connectivity index (χ3n) is 2.63. The summed E-state index contributed by atoms with van der Waals surface area (Å²) in [6, 6.07) is 4.11. The Labute approximate surface area is 104 Å². The Morgan fingerprint density at radius 1 is 1.41 bits per heavy atom. The van der Waals surface area contributed by atoms with Gasteiger partial charge in [-0.05, 0) is 25.0 Å².